The molecule has 0 bridgehead atoms. The third-order valence-electron chi connectivity index (χ3n) is 2.40. The molecule has 1 heterocycles. The van der Waals surface area contributed by atoms with E-state index < -0.39 is 0 Å². The van der Waals surface area contributed by atoms with E-state index in [0.29, 0.717) is 11.4 Å². The standard InChI is InChI=1S/C13H13BrN2O2/c1-8(15)11-6-7-12(18-11)13(17)16-10-4-2-9(14)3-5-10/h2-8H,15H2,1H3,(H,16,17). The molecule has 0 saturated carbocycles. The van der Waals surface area contributed by atoms with Crippen molar-refractivity contribution in [2.45, 2.75) is 13.0 Å². The molecule has 1 aromatic heterocycles. The zero-order valence-electron chi connectivity index (χ0n) is 9.81. The van der Waals surface area contributed by atoms with Crippen LogP contribution in [0.15, 0.2) is 45.3 Å². The molecule has 0 aliphatic heterocycles. The summed E-state index contributed by atoms with van der Waals surface area (Å²) in [5.41, 5.74) is 6.38. The van der Waals surface area contributed by atoms with Gasteiger partial charge in [-0.15, -0.1) is 0 Å². The van der Waals surface area contributed by atoms with Crippen LogP contribution in [0.1, 0.15) is 29.3 Å². The summed E-state index contributed by atoms with van der Waals surface area (Å²) in [6, 6.07) is 10.4. The van der Waals surface area contributed by atoms with Crippen molar-refractivity contribution in [3.8, 4) is 0 Å². The molecule has 5 heteroatoms. The van der Waals surface area contributed by atoms with Gasteiger partial charge in [-0.1, -0.05) is 15.9 Å². The lowest BCUT2D eigenvalue weighted by atomic mass is 10.3. The van der Waals surface area contributed by atoms with Gasteiger partial charge in [-0.3, -0.25) is 4.79 Å². The van der Waals surface area contributed by atoms with Crippen molar-refractivity contribution in [1.82, 2.24) is 0 Å². The van der Waals surface area contributed by atoms with Crippen LogP contribution in [0.2, 0.25) is 0 Å². The molecule has 0 aliphatic carbocycles. The van der Waals surface area contributed by atoms with Crippen molar-refractivity contribution < 1.29 is 9.21 Å². The zero-order valence-corrected chi connectivity index (χ0v) is 11.4. The molecule has 1 atom stereocenters. The second kappa shape index (κ2) is 5.37. The fourth-order valence-electron chi connectivity index (χ4n) is 1.45. The van der Waals surface area contributed by atoms with Crippen LogP contribution in [0.25, 0.3) is 0 Å². The van der Waals surface area contributed by atoms with E-state index in [1.165, 1.54) is 0 Å². The van der Waals surface area contributed by atoms with Crippen LogP contribution >= 0.6 is 15.9 Å². The molecule has 94 valence electrons. The lowest BCUT2D eigenvalue weighted by molar-refractivity contribution is 0.0994. The molecular weight excluding hydrogens is 296 g/mol. The van der Waals surface area contributed by atoms with Gasteiger partial charge in [0.1, 0.15) is 5.76 Å². The van der Waals surface area contributed by atoms with Crippen LogP contribution in [-0.4, -0.2) is 5.91 Å². The van der Waals surface area contributed by atoms with E-state index in [1.54, 1.807) is 31.2 Å². The summed E-state index contributed by atoms with van der Waals surface area (Å²) in [5, 5.41) is 2.74. The van der Waals surface area contributed by atoms with Gasteiger partial charge in [0, 0.05) is 10.2 Å². The number of carbonyl (C=O) groups excluding carboxylic acids is 1. The SMILES string of the molecule is CC(N)c1ccc(C(=O)Nc2ccc(Br)cc2)o1. The summed E-state index contributed by atoms with van der Waals surface area (Å²) in [7, 11) is 0. The second-order valence-electron chi connectivity index (χ2n) is 3.95. The average Bonchev–Trinajstić information content (AvgIpc) is 2.81. The van der Waals surface area contributed by atoms with Gasteiger partial charge in [-0.05, 0) is 43.3 Å². The Morgan fingerprint density at radius 1 is 1.28 bits per heavy atom. The summed E-state index contributed by atoms with van der Waals surface area (Å²) < 4.78 is 6.31. The molecule has 2 aromatic rings. The zero-order chi connectivity index (χ0) is 13.1. The third kappa shape index (κ3) is 3.00. The number of rotatable bonds is 3. The smallest absolute Gasteiger partial charge is 0.291 e. The van der Waals surface area contributed by atoms with E-state index in [4.69, 9.17) is 10.2 Å². The maximum atomic E-state index is 11.9. The summed E-state index contributed by atoms with van der Waals surface area (Å²) in [4.78, 5) is 11.9. The number of halogens is 1. The Hall–Kier alpha value is -1.59. The van der Waals surface area contributed by atoms with Gasteiger partial charge in [0.05, 0.1) is 6.04 Å². The minimum atomic E-state index is -0.288. The first-order valence-corrected chi connectivity index (χ1v) is 6.28. The van der Waals surface area contributed by atoms with Crippen LogP contribution in [-0.2, 0) is 0 Å². The fourth-order valence-corrected chi connectivity index (χ4v) is 1.71. The van der Waals surface area contributed by atoms with Crippen LogP contribution in [0.4, 0.5) is 5.69 Å². The predicted octanol–water partition coefficient (Wildman–Crippen LogP) is 3.31. The lowest BCUT2D eigenvalue weighted by Crippen LogP contribution is -2.11. The van der Waals surface area contributed by atoms with Gasteiger partial charge in [0.2, 0.25) is 0 Å². The summed E-state index contributed by atoms with van der Waals surface area (Å²) in [6.45, 7) is 1.80. The van der Waals surface area contributed by atoms with Crippen LogP contribution in [0, 0.1) is 0 Å². The number of nitrogens with two attached hydrogens (primary N) is 1. The fraction of sp³-hybridized carbons (Fsp3) is 0.154. The maximum Gasteiger partial charge on any atom is 0.291 e. The molecule has 0 saturated heterocycles. The Balaban J connectivity index is 2.09. The van der Waals surface area contributed by atoms with E-state index in [-0.39, 0.29) is 17.7 Å². The Bertz CT molecular complexity index is 546. The number of furan rings is 1. The van der Waals surface area contributed by atoms with Gasteiger partial charge >= 0.3 is 0 Å². The Labute approximate surface area is 113 Å². The summed E-state index contributed by atoms with van der Waals surface area (Å²) in [5.74, 6) is 0.561. The van der Waals surface area contributed by atoms with Gasteiger partial charge < -0.3 is 15.5 Å². The van der Waals surface area contributed by atoms with Gasteiger partial charge in [-0.2, -0.15) is 0 Å². The van der Waals surface area contributed by atoms with Crippen LogP contribution < -0.4 is 11.1 Å². The molecule has 2 rings (SSSR count). The highest BCUT2D eigenvalue weighted by Crippen LogP contribution is 2.17. The minimum Gasteiger partial charge on any atom is -0.454 e. The lowest BCUT2D eigenvalue weighted by Gasteiger charge is -2.03. The van der Waals surface area contributed by atoms with Gasteiger partial charge in [0.25, 0.3) is 5.91 Å². The first-order valence-electron chi connectivity index (χ1n) is 5.48. The van der Waals surface area contributed by atoms with Gasteiger partial charge in [-0.25, -0.2) is 0 Å². The second-order valence-corrected chi connectivity index (χ2v) is 4.87. The number of carbonyl (C=O) groups is 1. The molecular formula is C13H13BrN2O2. The number of hydrogen-bond donors (Lipinski definition) is 2. The number of hydrogen-bond acceptors (Lipinski definition) is 3. The highest BCUT2D eigenvalue weighted by Gasteiger charge is 2.13. The number of benzene rings is 1. The highest BCUT2D eigenvalue weighted by molar-refractivity contribution is 9.10. The normalized spacial score (nSPS) is 12.2. The Kier molecular flexibility index (Phi) is 3.84. The molecule has 0 aliphatic rings. The Morgan fingerprint density at radius 2 is 1.94 bits per heavy atom. The van der Waals surface area contributed by atoms with Crippen molar-refractivity contribution in [3.05, 3.63) is 52.4 Å². The number of nitrogens with one attached hydrogen (secondary N) is 1. The quantitative estimate of drug-likeness (QED) is 0.914. The van der Waals surface area contributed by atoms with Gasteiger partial charge in [0.15, 0.2) is 5.76 Å². The number of anilines is 1. The van der Waals surface area contributed by atoms with E-state index in [0.717, 1.165) is 4.47 Å². The molecule has 18 heavy (non-hydrogen) atoms. The van der Waals surface area contributed by atoms with Crippen molar-refractivity contribution in [3.63, 3.8) is 0 Å². The molecule has 1 amide bonds. The van der Waals surface area contributed by atoms with E-state index in [9.17, 15) is 4.79 Å². The van der Waals surface area contributed by atoms with E-state index in [1.807, 2.05) is 12.1 Å². The Morgan fingerprint density at radius 3 is 2.50 bits per heavy atom. The highest BCUT2D eigenvalue weighted by atomic mass is 79.9. The summed E-state index contributed by atoms with van der Waals surface area (Å²) in [6.07, 6.45) is 0. The minimum absolute atomic E-state index is 0.223. The van der Waals surface area contributed by atoms with Crippen molar-refractivity contribution in [2.24, 2.45) is 5.73 Å². The third-order valence-corrected chi connectivity index (χ3v) is 2.93. The largest absolute Gasteiger partial charge is 0.454 e. The predicted molar refractivity (Wildman–Crippen MR) is 73.4 cm³/mol. The number of amides is 1. The molecule has 0 spiro atoms. The topological polar surface area (TPSA) is 68.3 Å². The molecule has 1 unspecified atom stereocenters. The maximum absolute atomic E-state index is 11.9. The van der Waals surface area contributed by atoms with Crippen molar-refractivity contribution in [2.75, 3.05) is 5.32 Å². The van der Waals surface area contributed by atoms with Crippen molar-refractivity contribution in [1.29, 1.82) is 0 Å². The molecule has 4 nitrogen and oxygen atoms in total. The molecule has 3 N–H and O–H groups in total. The molecule has 1 aromatic carbocycles. The monoisotopic (exact) mass is 308 g/mol. The van der Waals surface area contributed by atoms with Crippen molar-refractivity contribution >= 4 is 27.5 Å². The van der Waals surface area contributed by atoms with E-state index >= 15 is 0 Å². The molecule has 0 radical (unpaired) electrons. The average molecular weight is 309 g/mol. The van der Waals surface area contributed by atoms with E-state index in [2.05, 4.69) is 21.2 Å². The van der Waals surface area contributed by atoms with Crippen LogP contribution in [0.5, 0.6) is 0 Å². The summed E-state index contributed by atoms with van der Waals surface area (Å²) >= 11 is 3.33. The first-order chi connectivity index (χ1) is 8.56. The molecule has 0 fully saturated rings. The first kappa shape index (κ1) is 12.9. The van der Waals surface area contributed by atoms with Crippen LogP contribution in [0.3, 0.4) is 0 Å².